The van der Waals surface area contributed by atoms with E-state index in [1.54, 1.807) is 12.1 Å². The highest BCUT2D eigenvalue weighted by atomic mass is 35.5. The first-order valence-corrected chi connectivity index (χ1v) is 9.89. The third-order valence-electron chi connectivity index (χ3n) is 3.16. The summed E-state index contributed by atoms with van der Waals surface area (Å²) in [6.45, 7) is 1.37. The number of primary sulfonamides is 1. The third kappa shape index (κ3) is 4.94. The molecule has 1 atom stereocenters. The van der Waals surface area contributed by atoms with Crippen LogP contribution in [-0.4, -0.2) is 33.5 Å². The number of hydrogen-bond donors (Lipinski definition) is 2. The Morgan fingerprint density at radius 2 is 2.00 bits per heavy atom. The number of methoxy groups -OCH3 is 1. The normalized spacial score (nSPS) is 12.3. The quantitative estimate of drug-likeness (QED) is 0.693. The van der Waals surface area contributed by atoms with Crippen molar-refractivity contribution in [3.05, 3.63) is 40.2 Å². The second-order valence-electron chi connectivity index (χ2n) is 5.08. The van der Waals surface area contributed by atoms with E-state index in [4.69, 9.17) is 26.2 Å². The highest BCUT2D eigenvalue weighted by Gasteiger charge is 2.22. The lowest BCUT2D eigenvalue weighted by atomic mass is 10.2. The zero-order chi connectivity index (χ0) is 19.5. The van der Waals surface area contributed by atoms with Crippen LogP contribution in [0.5, 0.6) is 5.75 Å². The Kier molecular flexibility index (Phi) is 6.24. The maximum atomic E-state index is 12.2. The maximum absolute atomic E-state index is 12.2. The van der Waals surface area contributed by atoms with Gasteiger partial charge >= 0.3 is 5.97 Å². The third-order valence-corrected chi connectivity index (χ3v) is 5.79. The molecule has 1 aromatic carbocycles. The summed E-state index contributed by atoms with van der Waals surface area (Å²) in [6, 6.07) is 5.75. The molecule has 1 amide bonds. The number of sulfonamides is 1. The van der Waals surface area contributed by atoms with Crippen molar-refractivity contribution in [1.29, 1.82) is 0 Å². The zero-order valence-corrected chi connectivity index (χ0v) is 16.1. The Bertz CT molecular complexity index is 941. The van der Waals surface area contributed by atoms with Crippen molar-refractivity contribution < 1.29 is 27.5 Å². The molecule has 1 aromatic heterocycles. The van der Waals surface area contributed by atoms with Gasteiger partial charge in [-0.2, -0.15) is 0 Å². The summed E-state index contributed by atoms with van der Waals surface area (Å²) in [4.78, 5) is 24.3. The number of nitrogens with one attached hydrogen (secondary N) is 1. The van der Waals surface area contributed by atoms with Crippen LogP contribution in [0.4, 0.5) is 5.69 Å². The Hall–Kier alpha value is -2.14. The van der Waals surface area contributed by atoms with E-state index in [0.29, 0.717) is 16.5 Å². The van der Waals surface area contributed by atoms with Gasteiger partial charge in [-0.1, -0.05) is 11.6 Å². The van der Waals surface area contributed by atoms with Crippen molar-refractivity contribution in [2.75, 3.05) is 12.4 Å². The van der Waals surface area contributed by atoms with Crippen molar-refractivity contribution in [3.8, 4) is 5.75 Å². The molecule has 0 aliphatic carbocycles. The molecule has 0 spiro atoms. The standard InChI is InChI=1S/C15H15ClN2O6S2/c1-8(14(19)18-11-6-10(16)3-4-12(11)23-2)24-15(20)9-5-13(25-7-9)26(17,21)22/h3-8H,1-2H3,(H,18,19)(H2,17,21,22). The highest BCUT2D eigenvalue weighted by Crippen LogP contribution is 2.28. The summed E-state index contributed by atoms with van der Waals surface area (Å²) < 4.78 is 32.5. The molecule has 0 saturated carbocycles. The Morgan fingerprint density at radius 1 is 1.31 bits per heavy atom. The second-order valence-corrected chi connectivity index (χ2v) is 8.22. The van der Waals surface area contributed by atoms with Crippen molar-refractivity contribution in [1.82, 2.24) is 0 Å². The van der Waals surface area contributed by atoms with Gasteiger partial charge in [-0.3, -0.25) is 4.79 Å². The van der Waals surface area contributed by atoms with E-state index in [-0.39, 0.29) is 9.77 Å². The lowest BCUT2D eigenvalue weighted by Gasteiger charge is -2.15. The number of halogens is 1. The van der Waals surface area contributed by atoms with Gasteiger partial charge in [0.15, 0.2) is 6.10 Å². The van der Waals surface area contributed by atoms with Crippen LogP contribution in [0.1, 0.15) is 17.3 Å². The number of nitrogens with two attached hydrogens (primary N) is 1. The number of thiophene rings is 1. The molecule has 0 aliphatic heterocycles. The Labute approximate surface area is 158 Å². The van der Waals surface area contributed by atoms with Gasteiger partial charge in [0.25, 0.3) is 5.91 Å². The Morgan fingerprint density at radius 3 is 2.58 bits per heavy atom. The van der Waals surface area contributed by atoms with Crippen molar-refractivity contribution in [2.24, 2.45) is 5.14 Å². The monoisotopic (exact) mass is 418 g/mol. The number of carbonyl (C=O) groups excluding carboxylic acids is 2. The summed E-state index contributed by atoms with van der Waals surface area (Å²) in [5.74, 6) is -1.07. The first kappa shape index (κ1) is 20.2. The predicted octanol–water partition coefficient (Wildman–Crippen LogP) is 2.24. The van der Waals surface area contributed by atoms with Gasteiger partial charge in [0, 0.05) is 10.4 Å². The molecule has 0 saturated heterocycles. The van der Waals surface area contributed by atoms with E-state index in [0.717, 1.165) is 17.4 Å². The van der Waals surface area contributed by atoms with E-state index >= 15 is 0 Å². The smallest absolute Gasteiger partial charge is 0.339 e. The summed E-state index contributed by atoms with van der Waals surface area (Å²) in [6.07, 6.45) is -1.15. The van der Waals surface area contributed by atoms with E-state index < -0.39 is 28.0 Å². The van der Waals surface area contributed by atoms with Crippen LogP contribution >= 0.6 is 22.9 Å². The molecule has 11 heteroatoms. The molecule has 2 rings (SSSR count). The van der Waals surface area contributed by atoms with E-state index in [9.17, 15) is 18.0 Å². The molecule has 140 valence electrons. The van der Waals surface area contributed by atoms with Crippen molar-refractivity contribution in [3.63, 3.8) is 0 Å². The molecule has 0 aliphatic rings. The average molecular weight is 419 g/mol. The minimum atomic E-state index is -3.91. The molecule has 2 aromatic rings. The van der Waals surface area contributed by atoms with E-state index in [1.807, 2.05) is 0 Å². The molecular weight excluding hydrogens is 404 g/mol. The van der Waals surface area contributed by atoms with Gasteiger partial charge in [-0.25, -0.2) is 18.4 Å². The number of amides is 1. The van der Waals surface area contributed by atoms with Gasteiger partial charge in [-0.05, 0) is 31.2 Å². The van der Waals surface area contributed by atoms with Gasteiger partial charge in [-0.15, -0.1) is 11.3 Å². The minimum Gasteiger partial charge on any atom is -0.495 e. The summed E-state index contributed by atoms with van der Waals surface area (Å²) in [7, 11) is -2.48. The molecule has 1 heterocycles. The van der Waals surface area contributed by atoms with Crippen LogP contribution < -0.4 is 15.2 Å². The number of carbonyl (C=O) groups is 2. The van der Waals surface area contributed by atoms with E-state index in [2.05, 4.69) is 5.32 Å². The van der Waals surface area contributed by atoms with Crippen LogP contribution in [0.25, 0.3) is 0 Å². The maximum Gasteiger partial charge on any atom is 0.339 e. The van der Waals surface area contributed by atoms with Gasteiger partial charge in [0.1, 0.15) is 9.96 Å². The molecule has 0 radical (unpaired) electrons. The molecule has 0 fully saturated rings. The second kappa shape index (κ2) is 8.04. The number of ether oxygens (including phenoxy) is 2. The van der Waals surface area contributed by atoms with Crippen molar-refractivity contribution in [2.45, 2.75) is 17.2 Å². The number of anilines is 1. The lowest BCUT2D eigenvalue weighted by molar-refractivity contribution is -0.123. The highest BCUT2D eigenvalue weighted by molar-refractivity contribution is 7.91. The van der Waals surface area contributed by atoms with Gasteiger partial charge in [0.2, 0.25) is 10.0 Å². The topological polar surface area (TPSA) is 125 Å². The number of benzene rings is 1. The molecule has 26 heavy (non-hydrogen) atoms. The van der Waals surface area contributed by atoms with Gasteiger partial charge < -0.3 is 14.8 Å². The summed E-state index contributed by atoms with van der Waals surface area (Å²) in [5, 5.41) is 9.21. The number of esters is 1. The fourth-order valence-corrected chi connectivity index (χ4v) is 3.61. The molecule has 0 bridgehead atoms. The minimum absolute atomic E-state index is 0.0148. The SMILES string of the molecule is COc1ccc(Cl)cc1NC(=O)C(C)OC(=O)c1csc(S(N)(=O)=O)c1. The molecule has 3 N–H and O–H groups in total. The summed E-state index contributed by atoms with van der Waals surface area (Å²) in [5.41, 5.74) is 0.305. The number of hydrogen-bond acceptors (Lipinski definition) is 7. The number of rotatable bonds is 6. The zero-order valence-electron chi connectivity index (χ0n) is 13.7. The fraction of sp³-hybridized carbons (Fsp3) is 0.200. The van der Waals surface area contributed by atoms with E-state index in [1.165, 1.54) is 25.5 Å². The van der Waals surface area contributed by atoms with Crippen LogP contribution in [0, 0.1) is 0 Å². The largest absolute Gasteiger partial charge is 0.495 e. The Balaban J connectivity index is 2.06. The average Bonchev–Trinajstić information content (AvgIpc) is 3.05. The summed E-state index contributed by atoms with van der Waals surface area (Å²) >= 11 is 6.67. The van der Waals surface area contributed by atoms with Crippen LogP contribution in [-0.2, 0) is 19.6 Å². The van der Waals surface area contributed by atoms with Gasteiger partial charge in [0.05, 0.1) is 18.4 Å². The van der Waals surface area contributed by atoms with Crippen molar-refractivity contribution >= 4 is 50.5 Å². The van der Waals surface area contributed by atoms with Crippen LogP contribution in [0.15, 0.2) is 33.9 Å². The molecule has 8 nitrogen and oxygen atoms in total. The first-order valence-electron chi connectivity index (χ1n) is 7.08. The fourth-order valence-electron chi connectivity index (χ4n) is 1.87. The molecular formula is C15H15ClN2O6S2. The lowest BCUT2D eigenvalue weighted by Crippen LogP contribution is -2.30. The molecule has 1 unspecified atom stereocenters. The first-order chi connectivity index (χ1) is 12.1. The predicted molar refractivity (Wildman–Crippen MR) is 97.2 cm³/mol. The van der Waals surface area contributed by atoms with Crippen LogP contribution in [0.2, 0.25) is 5.02 Å². The van der Waals surface area contributed by atoms with Crippen LogP contribution in [0.3, 0.4) is 0 Å².